The van der Waals surface area contributed by atoms with Gasteiger partial charge in [-0.15, -0.1) is 0 Å². The number of carbonyl (C=O) groups excluding carboxylic acids is 1. The second-order valence-electron chi connectivity index (χ2n) is 7.11. The lowest BCUT2D eigenvalue weighted by atomic mass is 9.85. The standard InChI is InChI=1S/C17H21F3N4O3/c18-17(19,20)11-3-4-21-14(5-11)23-16(27)22-12-6-13(7-12)24(9-15(25)26)8-10-1-2-10/h3-5,10,12-13H,1-2,6-9H2,(H,25,26)(H2,21,22,23,27). The Hall–Kier alpha value is -2.36. The van der Waals surface area contributed by atoms with Crippen molar-refractivity contribution in [2.45, 2.75) is 43.9 Å². The van der Waals surface area contributed by atoms with Gasteiger partial charge in [-0.25, -0.2) is 9.78 Å². The lowest BCUT2D eigenvalue weighted by molar-refractivity contribution is -0.140. The molecular formula is C17H21F3N4O3. The van der Waals surface area contributed by atoms with Crippen molar-refractivity contribution >= 4 is 17.8 Å². The summed E-state index contributed by atoms with van der Waals surface area (Å²) in [6.07, 6.45) is -0.0492. The van der Waals surface area contributed by atoms with Crippen LogP contribution in [0, 0.1) is 5.92 Å². The van der Waals surface area contributed by atoms with Gasteiger partial charge in [0.05, 0.1) is 12.1 Å². The molecule has 1 aromatic heterocycles. The predicted octanol–water partition coefficient (Wildman–Crippen LogP) is 2.55. The monoisotopic (exact) mass is 386 g/mol. The van der Waals surface area contributed by atoms with Crippen molar-refractivity contribution in [1.29, 1.82) is 0 Å². The molecule has 2 amide bonds. The number of rotatable bonds is 7. The number of alkyl halides is 3. The molecule has 3 rings (SSSR count). The topological polar surface area (TPSA) is 94.6 Å². The fourth-order valence-corrected chi connectivity index (χ4v) is 3.17. The second kappa shape index (κ2) is 7.71. The van der Waals surface area contributed by atoms with Crippen LogP contribution >= 0.6 is 0 Å². The Morgan fingerprint density at radius 3 is 2.59 bits per heavy atom. The summed E-state index contributed by atoms with van der Waals surface area (Å²) in [4.78, 5) is 28.6. The van der Waals surface area contributed by atoms with E-state index in [1.165, 1.54) is 0 Å². The molecule has 0 aliphatic heterocycles. The molecule has 2 aliphatic carbocycles. The van der Waals surface area contributed by atoms with Crippen molar-refractivity contribution in [2.75, 3.05) is 18.4 Å². The summed E-state index contributed by atoms with van der Waals surface area (Å²) in [5.74, 6) is -0.494. The number of nitrogens with one attached hydrogen (secondary N) is 2. The lowest BCUT2D eigenvalue weighted by Gasteiger charge is -2.42. The molecule has 1 aromatic rings. The predicted molar refractivity (Wildman–Crippen MR) is 90.1 cm³/mol. The van der Waals surface area contributed by atoms with E-state index < -0.39 is 23.7 Å². The molecule has 148 valence electrons. The van der Waals surface area contributed by atoms with Gasteiger partial charge in [0.2, 0.25) is 0 Å². The third kappa shape index (κ3) is 5.56. The highest BCUT2D eigenvalue weighted by Gasteiger charge is 2.38. The highest BCUT2D eigenvalue weighted by Crippen LogP contribution is 2.34. The van der Waals surface area contributed by atoms with Gasteiger partial charge < -0.3 is 10.4 Å². The van der Waals surface area contributed by atoms with E-state index >= 15 is 0 Å². The first-order valence-electron chi connectivity index (χ1n) is 8.77. The molecule has 2 saturated carbocycles. The third-order valence-corrected chi connectivity index (χ3v) is 4.82. The van der Waals surface area contributed by atoms with Gasteiger partial charge in [-0.2, -0.15) is 13.2 Å². The van der Waals surface area contributed by atoms with Crippen LogP contribution in [-0.2, 0) is 11.0 Å². The molecule has 0 radical (unpaired) electrons. The van der Waals surface area contributed by atoms with Gasteiger partial charge in [-0.3, -0.25) is 15.0 Å². The molecule has 0 bridgehead atoms. The number of hydrogen-bond acceptors (Lipinski definition) is 4. The van der Waals surface area contributed by atoms with E-state index in [1.54, 1.807) is 0 Å². The zero-order chi connectivity index (χ0) is 19.6. The Kier molecular flexibility index (Phi) is 5.54. The molecule has 3 N–H and O–H groups in total. The highest BCUT2D eigenvalue weighted by atomic mass is 19.4. The number of halogens is 3. The smallest absolute Gasteiger partial charge is 0.416 e. The zero-order valence-electron chi connectivity index (χ0n) is 14.5. The Bertz CT molecular complexity index is 703. The Balaban J connectivity index is 1.46. The van der Waals surface area contributed by atoms with E-state index in [2.05, 4.69) is 15.6 Å². The normalized spacial score (nSPS) is 22.2. The Morgan fingerprint density at radius 1 is 1.30 bits per heavy atom. The van der Waals surface area contributed by atoms with E-state index in [1.807, 2.05) is 4.90 Å². The van der Waals surface area contributed by atoms with Crippen LogP contribution in [0.3, 0.4) is 0 Å². The number of carboxylic acid groups (broad SMARTS) is 1. The number of nitrogens with zero attached hydrogens (tertiary/aromatic N) is 2. The second-order valence-corrected chi connectivity index (χ2v) is 7.11. The fourth-order valence-electron chi connectivity index (χ4n) is 3.17. The van der Waals surface area contributed by atoms with Crippen LogP contribution in [0.1, 0.15) is 31.2 Å². The maximum Gasteiger partial charge on any atom is 0.416 e. The molecule has 0 aromatic carbocycles. The van der Waals surface area contributed by atoms with E-state index in [0.717, 1.165) is 37.7 Å². The summed E-state index contributed by atoms with van der Waals surface area (Å²) in [5, 5.41) is 14.0. The van der Waals surface area contributed by atoms with Crippen LogP contribution in [0.5, 0.6) is 0 Å². The van der Waals surface area contributed by atoms with Gasteiger partial charge in [0.15, 0.2) is 0 Å². The number of amides is 2. The van der Waals surface area contributed by atoms with Crippen LogP contribution < -0.4 is 10.6 Å². The van der Waals surface area contributed by atoms with Gasteiger partial charge in [-0.05, 0) is 43.7 Å². The molecule has 1 heterocycles. The van der Waals surface area contributed by atoms with Crippen LogP contribution in [0.2, 0.25) is 0 Å². The summed E-state index contributed by atoms with van der Waals surface area (Å²) in [5.41, 5.74) is -0.888. The van der Waals surface area contributed by atoms with E-state index in [-0.39, 0.29) is 24.4 Å². The molecule has 10 heteroatoms. The minimum atomic E-state index is -4.51. The SMILES string of the molecule is O=C(O)CN(CC1CC1)C1CC(NC(=O)Nc2cc(C(F)(F)F)ccn2)C1. The summed E-state index contributed by atoms with van der Waals surface area (Å²) in [7, 11) is 0. The average Bonchev–Trinajstić information content (AvgIpc) is 3.33. The van der Waals surface area contributed by atoms with Gasteiger partial charge >= 0.3 is 18.2 Å². The van der Waals surface area contributed by atoms with Crippen molar-refractivity contribution in [3.63, 3.8) is 0 Å². The van der Waals surface area contributed by atoms with Gasteiger partial charge in [0, 0.05) is 24.8 Å². The highest BCUT2D eigenvalue weighted by molar-refractivity contribution is 5.88. The number of hydrogen-bond donors (Lipinski definition) is 3. The Morgan fingerprint density at radius 2 is 2.00 bits per heavy atom. The number of aliphatic carboxylic acids is 1. The molecule has 27 heavy (non-hydrogen) atoms. The molecular weight excluding hydrogens is 365 g/mol. The number of carboxylic acids is 1. The summed E-state index contributed by atoms with van der Waals surface area (Å²) in [6, 6.07) is 0.927. The van der Waals surface area contributed by atoms with E-state index in [0.29, 0.717) is 18.8 Å². The van der Waals surface area contributed by atoms with Crippen LogP contribution in [0.15, 0.2) is 18.3 Å². The molecule has 0 unspecified atom stereocenters. The Labute approximate surface area is 153 Å². The van der Waals surface area contributed by atoms with E-state index in [4.69, 9.17) is 5.11 Å². The first-order chi connectivity index (χ1) is 12.7. The van der Waals surface area contributed by atoms with Crippen molar-refractivity contribution in [3.05, 3.63) is 23.9 Å². The van der Waals surface area contributed by atoms with Crippen molar-refractivity contribution in [3.8, 4) is 0 Å². The number of urea groups is 1. The summed E-state index contributed by atoms with van der Waals surface area (Å²) in [6.45, 7) is 0.734. The number of pyridine rings is 1. The van der Waals surface area contributed by atoms with Crippen molar-refractivity contribution in [2.24, 2.45) is 5.92 Å². The molecule has 0 atom stereocenters. The number of anilines is 1. The molecule has 2 aliphatic rings. The maximum absolute atomic E-state index is 12.7. The quantitative estimate of drug-likeness (QED) is 0.670. The summed E-state index contributed by atoms with van der Waals surface area (Å²) < 4.78 is 38.0. The zero-order valence-corrected chi connectivity index (χ0v) is 14.5. The van der Waals surface area contributed by atoms with Gasteiger partial charge in [0.25, 0.3) is 0 Å². The van der Waals surface area contributed by atoms with Gasteiger partial charge in [0.1, 0.15) is 5.82 Å². The number of aromatic nitrogens is 1. The summed E-state index contributed by atoms with van der Waals surface area (Å²) >= 11 is 0. The maximum atomic E-state index is 12.7. The molecule has 0 saturated heterocycles. The third-order valence-electron chi connectivity index (χ3n) is 4.82. The fraction of sp³-hybridized carbons (Fsp3) is 0.588. The largest absolute Gasteiger partial charge is 0.480 e. The molecule has 2 fully saturated rings. The average molecular weight is 386 g/mol. The van der Waals surface area contributed by atoms with Crippen LogP contribution in [0.25, 0.3) is 0 Å². The number of carbonyl (C=O) groups is 2. The van der Waals surface area contributed by atoms with Crippen LogP contribution in [-0.4, -0.2) is 52.2 Å². The lowest BCUT2D eigenvalue weighted by Crippen LogP contribution is -2.55. The van der Waals surface area contributed by atoms with Gasteiger partial charge in [-0.1, -0.05) is 0 Å². The first kappa shape index (κ1) is 19.4. The van der Waals surface area contributed by atoms with Crippen molar-refractivity contribution < 1.29 is 27.9 Å². The molecule has 0 spiro atoms. The van der Waals surface area contributed by atoms with Crippen LogP contribution in [0.4, 0.5) is 23.8 Å². The minimum Gasteiger partial charge on any atom is -0.480 e. The van der Waals surface area contributed by atoms with Crippen molar-refractivity contribution in [1.82, 2.24) is 15.2 Å². The first-order valence-corrected chi connectivity index (χ1v) is 8.77. The van der Waals surface area contributed by atoms with E-state index in [9.17, 15) is 22.8 Å². The molecule has 7 nitrogen and oxygen atoms in total. The minimum absolute atomic E-state index is 0.0196.